The van der Waals surface area contributed by atoms with Crippen LogP contribution >= 0.6 is 0 Å². The highest BCUT2D eigenvalue weighted by molar-refractivity contribution is 7.88. The maximum Gasteiger partial charge on any atom is 0.247 e. The van der Waals surface area contributed by atoms with Crippen molar-refractivity contribution in [2.75, 3.05) is 13.0 Å². The minimum Gasteiger partial charge on any atom is -0.454 e. The number of para-hydroxylation sites is 2. The van der Waals surface area contributed by atoms with Crippen LogP contribution < -0.4 is 9.47 Å². The molecule has 3 heterocycles. The predicted molar refractivity (Wildman–Crippen MR) is 103 cm³/mol. The summed E-state index contributed by atoms with van der Waals surface area (Å²) in [5.74, 6) is 1.29. The molecule has 28 heavy (non-hydrogen) atoms. The second-order valence-corrected chi connectivity index (χ2v) is 8.49. The SMILES string of the molecule is CS(=O)(=O)N1N=C(c2ccc3c(c2)OCO3)C[C@@H]1c1cnc2ccccc2n1. The number of rotatable bonds is 3. The summed E-state index contributed by atoms with van der Waals surface area (Å²) < 4.78 is 36.6. The van der Waals surface area contributed by atoms with Crippen molar-refractivity contribution in [2.24, 2.45) is 5.10 Å². The van der Waals surface area contributed by atoms with E-state index in [9.17, 15) is 8.42 Å². The summed E-state index contributed by atoms with van der Waals surface area (Å²) in [6.07, 6.45) is 3.14. The van der Waals surface area contributed by atoms with E-state index in [1.165, 1.54) is 0 Å². The smallest absolute Gasteiger partial charge is 0.247 e. The molecule has 0 spiro atoms. The molecule has 1 atom stereocenters. The van der Waals surface area contributed by atoms with Crippen LogP contribution in [-0.2, 0) is 10.0 Å². The summed E-state index contributed by atoms with van der Waals surface area (Å²) in [4.78, 5) is 9.04. The lowest BCUT2D eigenvalue weighted by molar-refractivity contribution is 0.174. The lowest BCUT2D eigenvalue weighted by atomic mass is 10.0. The fourth-order valence-corrected chi connectivity index (χ4v) is 4.29. The number of aromatic nitrogens is 2. The first-order valence-electron chi connectivity index (χ1n) is 8.68. The first-order chi connectivity index (χ1) is 13.5. The van der Waals surface area contributed by atoms with E-state index in [4.69, 9.17) is 9.47 Å². The average molecular weight is 396 g/mol. The van der Waals surface area contributed by atoms with E-state index in [1.54, 1.807) is 12.3 Å². The zero-order valence-corrected chi connectivity index (χ0v) is 15.8. The van der Waals surface area contributed by atoms with Crippen LogP contribution in [0.3, 0.4) is 0 Å². The molecular formula is C19H16N4O4S. The van der Waals surface area contributed by atoms with Crippen LogP contribution in [0, 0.1) is 0 Å². The molecule has 0 saturated heterocycles. The van der Waals surface area contributed by atoms with Crippen molar-refractivity contribution in [1.29, 1.82) is 0 Å². The molecule has 142 valence electrons. The van der Waals surface area contributed by atoms with E-state index in [0.717, 1.165) is 21.8 Å². The Labute approximate surface area is 161 Å². The van der Waals surface area contributed by atoms with Gasteiger partial charge in [0.25, 0.3) is 0 Å². The van der Waals surface area contributed by atoms with Crippen LogP contribution in [0.4, 0.5) is 0 Å². The quantitative estimate of drug-likeness (QED) is 0.675. The number of ether oxygens (including phenoxy) is 2. The van der Waals surface area contributed by atoms with Gasteiger partial charge in [0.1, 0.15) is 6.04 Å². The molecule has 0 unspecified atom stereocenters. The third kappa shape index (κ3) is 2.84. The van der Waals surface area contributed by atoms with Gasteiger partial charge in [-0.15, -0.1) is 0 Å². The second kappa shape index (κ2) is 6.16. The highest BCUT2D eigenvalue weighted by Gasteiger charge is 2.36. The summed E-state index contributed by atoms with van der Waals surface area (Å²) in [6.45, 7) is 0.177. The Kier molecular flexibility index (Phi) is 3.73. The molecule has 5 rings (SSSR count). The molecule has 0 radical (unpaired) electrons. The van der Waals surface area contributed by atoms with Gasteiger partial charge in [-0.1, -0.05) is 12.1 Å². The van der Waals surface area contributed by atoms with Crippen molar-refractivity contribution in [3.63, 3.8) is 0 Å². The maximum absolute atomic E-state index is 12.4. The summed E-state index contributed by atoms with van der Waals surface area (Å²) in [5, 5.41) is 4.39. The minimum atomic E-state index is -3.58. The highest BCUT2D eigenvalue weighted by atomic mass is 32.2. The van der Waals surface area contributed by atoms with E-state index >= 15 is 0 Å². The molecule has 0 bridgehead atoms. The van der Waals surface area contributed by atoms with Gasteiger partial charge in [-0.3, -0.25) is 4.98 Å². The second-order valence-electron chi connectivity index (χ2n) is 6.65. The Morgan fingerprint density at radius 3 is 2.68 bits per heavy atom. The lowest BCUT2D eigenvalue weighted by Crippen LogP contribution is -2.26. The Hall–Kier alpha value is -3.20. The zero-order valence-electron chi connectivity index (χ0n) is 14.9. The van der Waals surface area contributed by atoms with Crippen LogP contribution in [0.1, 0.15) is 23.7 Å². The van der Waals surface area contributed by atoms with Gasteiger partial charge in [0.05, 0.1) is 34.9 Å². The van der Waals surface area contributed by atoms with Crippen LogP contribution in [-0.4, -0.2) is 41.6 Å². The highest BCUT2D eigenvalue weighted by Crippen LogP contribution is 2.37. The van der Waals surface area contributed by atoms with Gasteiger partial charge in [-0.05, 0) is 30.3 Å². The number of hydrogen-bond acceptors (Lipinski definition) is 7. The van der Waals surface area contributed by atoms with Gasteiger partial charge in [0.15, 0.2) is 11.5 Å². The summed E-state index contributed by atoms with van der Waals surface area (Å²) >= 11 is 0. The van der Waals surface area contributed by atoms with Gasteiger partial charge in [0.2, 0.25) is 16.8 Å². The Morgan fingerprint density at radius 2 is 1.86 bits per heavy atom. The molecule has 2 aliphatic heterocycles. The predicted octanol–water partition coefficient (Wildman–Crippen LogP) is 2.47. The largest absolute Gasteiger partial charge is 0.454 e. The fraction of sp³-hybridized carbons (Fsp3) is 0.211. The Bertz CT molecular complexity index is 1230. The minimum absolute atomic E-state index is 0.177. The fourth-order valence-electron chi connectivity index (χ4n) is 3.40. The van der Waals surface area contributed by atoms with Crippen LogP contribution in [0.2, 0.25) is 0 Å². The maximum atomic E-state index is 12.4. The average Bonchev–Trinajstić information content (AvgIpc) is 3.34. The van der Waals surface area contributed by atoms with E-state index < -0.39 is 16.1 Å². The zero-order chi connectivity index (χ0) is 19.3. The monoisotopic (exact) mass is 396 g/mol. The van der Waals surface area contributed by atoms with Gasteiger partial charge >= 0.3 is 0 Å². The molecule has 1 aromatic heterocycles. The third-order valence-corrected chi connectivity index (χ3v) is 5.74. The number of hydrogen-bond donors (Lipinski definition) is 0. The number of fused-ring (bicyclic) bond motifs is 2. The number of benzene rings is 2. The van der Waals surface area contributed by atoms with Crippen molar-refractivity contribution in [3.05, 3.63) is 59.9 Å². The van der Waals surface area contributed by atoms with Crippen molar-refractivity contribution in [3.8, 4) is 11.5 Å². The van der Waals surface area contributed by atoms with Crippen molar-refractivity contribution >= 4 is 26.8 Å². The molecule has 2 aromatic carbocycles. The van der Waals surface area contributed by atoms with Crippen LogP contribution in [0.15, 0.2) is 53.8 Å². The van der Waals surface area contributed by atoms with Gasteiger partial charge in [-0.25, -0.2) is 13.4 Å². The Morgan fingerprint density at radius 1 is 1.07 bits per heavy atom. The number of nitrogens with zero attached hydrogens (tertiary/aromatic N) is 4. The molecule has 0 saturated carbocycles. The summed E-state index contributed by atoms with van der Waals surface area (Å²) in [6, 6.07) is 12.4. The molecule has 0 aliphatic carbocycles. The summed E-state index contributed by atoms with van der Waals surface area (Å²) in [5.41, 5.74) is 3.46. The molecule has 8 nitrogen and oxygen atoms in total. The van der Waals surface area contributed by atoms with E-state index in [0.29, 0.717) is 34.8 Å². The van der Waals surface area contributed by atoms with Gasteiger partial charge < -0.3 is 9.47 Å². The topological polar surface area (TPSA) is 94.0 Å². The molecule has 0 fully saturated rings. The molecule has 9 heteroatoms. The third-order valence-electron chi connectivity index (χ3n) is 4.73. The van der Waals surface area contributed by atoms with Crippen molar-refractivity contribution in [2.45, 2.75) is 12.5 Å². The normalized spacial score (nSPS) is 18.5. The number of sulfonamides is 1. The van der Waals surface area contributed by atoms with Gasteiger partial charge in [0, 0.05) is 12.0 Å². The first kappa shape index (κ1) is 16.9. The van der Waals surface area contributed by atoms with Crippen molar-refractivity contribution < 1.29 is 17.9 Å². The van der Waals surface area contributed by atoms with E-state index in [2.05, 4.69) is 15.1 Å². The van der Waals surface area contributed by atoms with E-state index in [-0.39, 0.29) is 6.79 Å². The standard InChI is InChI=1S/C19H16N4O4S/c1-28(24,25)23-17(16-10-20-13-4-2-3-5-14(13)21-16)9-15(22-23)12-6-7-18-19(8-12)27-11-26-18/h2-8,10,17H,9,11H2,1H3/t17-/m1/s1. The molecule has 2 aliphatic rings. The molecule has 0 N–H and O–H groups in total. The first-order valence-corrected chi connectivity index (χ1v) is 10.5. The lowest BCUT2D eigenvalue weighted by Gasteiger charge is -2.20. The van der Waals surface area contributed by atoms with Crippen LogP contribution in [0.25, 0.3) is 11.0 Å². The van der Waals surface area contributed by atoms with E-state index in [1.807, 2.05) is 36.4 Å². The molecule has 0 amide bonds. The molecule has 3 aromatic rings. The number of hydrazone groups is 1. The van der Waals surface area contributed by atoms with Crippen LogP contribution in [0.5, 0.6) is 11.5 Å². The Balaban J connectivity index is 1.55. The van der Waals surface area contributed by atoms with Gasteiger partial charge in [-0.2, -0.15) is 9.52 Å². The van der Waals surface area contributed by atoms with Crippen molar-refractivity contribution in [1.82, 2.24) is 14.4 Å². The summed E-state index contributed by atoms with van der Waals surface area (Å²) in [7, 11) is -3.58. The molecular weight excluding hydrogens is 380 g/mol.